The van der Waals surface area contributed by atoms with Crippen molar-refractivity contribution in [2.75, 3.05) is 29.9 Å². The summed E-state index contributed by atoms with van der Waals surface area (Å²) in [5.41, 5.74) is -0.00260. The summed E-state index contributed by atoms with van der Waals surface area (Å²) in [7, 11) is 0. The van der Waals surface area contributed by atoms with E-state index in [4.69, 9.17) is 5.11 Å². The lowest BCUT2D eigenvalue weighted by Gasteiger charge is -2.27. The number of nitro groups is 1. The molecule has 7 nitrogen and oxygen atoms in total. The van der Waals surface area contributed by atoms with Crippen LogP contribution in [0.2, 0.25) is 0 Å². The molecule has 0 saturated heterocycles. The minimum Gasteiger partial charge on any atom is -0.395 e. The normalized spacial score (nSPS) is 10.7. The molecular weight excluding hydrogens is 260 g/mol. The molecule has 1 aromatic heterocycles. The highest BCUT2D eigenvalue weighted by Crippen LogP contribution is 2.24. The van der Waals surface area contributed by atoms with E-state index in [1.807, 2.05) is 25.7 Å². The molecule has 0 fully saturated rings. The molecule has 1 rings (SSSR count). The van der Waals surface area contributed by atoms with Gasteiger partial charge in [-0.2, -0.15) is 0 Å². The molecule has 112 valence electrons. The second kappa shape index (κ2) is 7.64. The van der Waals surface area contributed by atoms with Gasteiger partial charge in [0.05, 0.1) is 23.7 Å². The van der Waals surface area contributed by atoms with Crippen molar-refractivity contribution in [2.45, 2.75) is 33.2 Å². The maximum absolute atomic E-state index is 11.0. The quantitative estimate of drug-likeness (QED) is 0.560. The average molecular weight is 282 g/mol. The van der Waals surface area contributed by atoms with E-state index < -0.39 is 4.92 Å². The van der Waals surface area contributed by atoms with E-state index >= 15 is 0 Å². The van der Waals surface area contributed by atoms with Crippen LogP contribution in [0.25, 0.3) is 0 Å². The largest absolute Gasteiger partial charge is 0.395 e. The molecule has 2 N–H and O–H groups in total. The smallest absolute Gasteiger partial charge is 0.276 e. The van der Waals surface area contributed by atoms with Gasteiger partial charge in [0, 0.05) is 19.1 Å². The Kier molecular flexibility index (Phi) is 6.17. The SMILES string of the molecule is CCCNc1cc([N+](=O)[O-])cc(N(CCO)C(C)C)n1. The second-order valence-electron chi connectivity index (χ2n) is 4.76. The lowest BCUT2D eigenvalue weighted by atomic mass is 10.3. The summed E-state index contributed by atoms with van der Waals surface area (Å²) in [5.74, 6) is 0.987. The number of nitrogens with zero attached hydrogens (tertiary/aromatic N) is 3. The molecule has 0 unspecified atom stereocenters. The molecular formula is C13H22N4O3. The van der Waals surface area contributed by atoms with Crippen molar-refractivity contribution in [3.8, 4) is 0 Å². The van der Waals surface area contributed by atoms with E-state index in [2.05, 4.69) is 10.3 Å². The van der Waals surface area contributed by atoms with E-state index in [0.717, 1.165) is 6.42 Å². The van der Waals surface area contributed by atoms with Crippen LogP contribution in [0.3, 0.4) is 0 Å². The van der Waals surface area contributed by atoms with Crippen LogP contribution in [0.5, 0.6) is 0 Å². The summed E-state index contributed by atoms with van der Waals surface area (Å²) >= 11 is 0. The number of rotatable bonds is 8. The Bertz CT molecular complexity index is 451. The summed E-state index contributed by atoms with van der Waals surface area (Å²) in [5, 5.41) is 23.2. The molecule has 0 saturated carbocycles. The maximum Gasteiger partial charge on any atom is 0.276 e. The molecule has 1 heterocycles. The van der Waals surface area contributed by atoms with Crippen molar-refractivity contribution in [3.63, 3.8) is 0 Å². The number of hydrogen-bond donors (Lipinski definition) is 2. The predicted octanol–water partition coefficient (Wildman–Crippen LogP) is 2.02. The zero-order valence-corrected chi connectivity index (χ0v) is 12.2. The minimum atomic E-state index is -0.431. The Morgan fingerprint density at radius 2 is 2.20 bits per heavy atom. The van der Waals surface area contributed by atoms with Gasteiger partial charge in [-0.3, -0.25) is 10.1 Å². The second-order valence-corrected chi connectivity index (χ2v) is 4.76. The van der Waals surface area contributed by atoms with Gasteiger partial charge in [0.2, 0.25) is 0 Å². The first-order valence-corrected chi connectivity index (χ1v) is 6.77. The number of aliphatic hydroxyl groups excluding tert-OH is 1. The lowest BCUT2D eigenvalue weighted by Crippen LogP contribution is -2.34. The molecule has 1 aromatic rings. The third-order valence-electron chi connectivity index (χ3n) is 2.82. The first kappa shape index (κ1) is 16.2. The van der Waals surface area contributed by atoms with E-state index in [-0.39, 0.29) is 18.3 Å². The minimum absolute atomic E-state index is 0.00260. The van der Waals surface area contributed by atoms with Gasteiger partial charge in [-0.1, -0.05) is 6.92 Å². The van der Waals surface area contributed by atoms with Gasteiger partial charge in [0.25, 0.3) is 5.69 Å². The zero-order valence-electron chi connectivity index (χ0n) is 12.2. The van der Waals surface area contributed by atoms with Crippen molar-refractivity contribution in [3.05, 3.63) is 22.2 Å². The van der Waals surface area contributed by atoms with Gasteiger partial charge in [-0.05, 0) is 20.3 Å². The van der Waals surface area contributed by atoms with Crippen LogP contribution in [0.1, 0.15) is 27.2 Å². The number of aliphatic hydroxyl groups is 1. The van der Waals surface area contributed by atoms with Gasteiger partial charge in [0.1, 0.15) is 11.6 Å². The average Bonchev–Trinajstić information content (AvgIpc) is 2.41. The molecule has 0 atom stereocenters. The molecule has 0 radical (unpaired) electrons. The Balaban J connectivity index is 3.15. The fraction of sp³-hybridized carbons (Fsp3) is 0.615. The van der Waals surface area contributed by atoms with Crippen molar-refractivity contribution in [1.29, 1.82) is 0 Å². The number of nitrogens with one attached hydrogen (secondary N) is 1. The molecule has 0 spiro atoms. The van der Waals surface area contributed by atoms with Crippen LogP contribution in [-0.4, -0.2) is 40.8 Å². The number of anilines is 2. The monoisotopic (exact) mass is 282 g/mol. The predicted molar refractivity (Wildman–Crippen MR) is 79.2 cm³/mol. The van der Waals surface area contributed by atoms with Crippen molar-refractivity contribution < 1.29 is 10.0 Å². The number of hydrogen-bond acceptors (Lipinski definition) is 6. The summed E-state index contributed by atoms with van der Waals surface area (Å²) in [6.45, 7) is 6.98. The van der Waals surface area contributed by atoms with Crippen molar-refractivity contribution in [2.24, 2.45) is 0 Å². The maximum atomic E-state index is 11.0. The zero-order chi connectivity index (χ0) is 15.1. The first-order chi connectivity index (χ1) is 9.49. The molecule has 0 aliphatic carbocycles. The van der Waals surface area contributed by atoms with E-state index in [0.29, 0.717) is 24.7 Å². The molecule has 0 amide bonds. The molecule has 0 aliphatic heterocycles. The van der Waals surface area contributed by atoms with Gasteiger partial charge < -0.3 is 15.3 Å². The number of aromatic nitrogens is 1. The lowest BCUT2D eigenvalue weighted by molar-refractivity contribution is -0.384. The summed E-state index contributed by atoms with van der Waals surface area (Å²) in [6.07, 6.45) is 0.907. The standard InChI is InChI=1S/C13H22N4O3/c1-4-5-14-12-8-11(17(19)20)9-13(15-12)16(6-7-18)10(2)3/h8-10,18H,4-7H2,1-3H3,(H,14,15). The van der Waals surface area contributed by atoms with E-state index in [9.17, 15) is 10.1 Å². The number of pyridine rings is 1. The molecule has 0 aliphatic rings. The highest BCUT2D eigenvalue weighted by atomic mass is 16.6. The van der Waals surface area contributed by atoms with Crippen LogP contribution >= 0.6 is 0 Å². The highest BCUT2D eigenvalue weighted by molar-refractivity contribution is 5.56. The topological polar surface area (TPSA) is 91.5 Å². The van der Waals surface area contributed by atoms with Crippen molar-refractivity contribution in [1.82, 2.24) is 4.98 Å². The fourth-order valence-corrected chi connectivity index (χ4v) is 1.84. The molecule has 20 heavy (non-hydrogen) atoms. The van der Waals surface area contributed by atoms with Crippen LogP contribution in [0.4, 0.5) is 17.3 Å². The highest BCUT2D eigenvalue weighted by Gasteiger charge is 2.17. The Labute approximate surface area is 118 Å². The van der Waals surface area contributed by atoms with Crippen molar-refractivity contribution >= 4 is 17.3 Å². The Morgan fingerprint density at radius 3 is 2.70 bits per heavy atom. The van der Waals surface area contributed by atoms with Crippen LogP contribution in [0.15, 0.2) is 12.1 Å². The van der Waals surface area contributed by atoms with Crippen LogP contribution < -0.4 is 10.2 Å². The van der Waals surface area contributed by atoms with Gasteiger partial charge in [0.15, 0.2) is 0 Å². The summed E-state index contributed by atoms with van der Waals surface area (Å²) in [6, 6.07) is 2.96. The van der Waals surface area contributed by atoms with Gasteiger partial charge in [-0.25, -0.2) is 4.98 Å². The summed E-state index contributed by atoms with van der Waals surface area (Å²) < 4.78 is 0. The van der Waals surface area contributed by atoms with E-state index in [1.54, 1.807) is 0 Å². The Hall–Kier alpha value is -1.89. The molecule has 0 bridgehead atoms. The molecule has 0 aromatic carbocycles. The third-order valence-corrected chi connectivity index (χ3v) is 2.82. The first-order valence-electron chi connectivity index (χ1n) is 6.77. The van der Waals surface area contributed by atoms with Gasteiger partial charge >= 0.3 is 0 Å². The van der Waals surface area contributed by atoms with Crippen LogP contribution in [0, 0.1) is 10.1 Å². The van der Waals surface area contributed by atoms with Crippen LogP contribution in [-0.2, 0) is 0 Å². The third kappa shape index (κ3) is 4.34. The van der Waals surface area contributed by atoms with Gasteiger partial charge in [-0.15, -0.1) is 0 Å². The Morgan fingerprint density at radius 1 is 1.50 bits per heavy atom. The fourth-order valence-electron chi connectivity index (χ4n) is 1.84. The summed E-state index contributed by atoms with van der Waals surface area (Å²) in [4.78, 5) is 16.8. The molecule has 7 heteroatoms. The van der Waals surface area contributed by atoms with E-state index in [1.165, 1.54) is 12.1 Å².